The third-order valence-electron chi connectivity index (χ3n) is 7.89. The second-order valence-corrected chi connectivity index (χ2v) is 8.86. The number of nitrogens with zero attached hydrogens (tertiary/aromatic N) is 1. The molecule has 134 valence electrons. The van der Waals surface area contributed by atoms with E-state index in [0.717, 1.165) is 12.8 Å². The molecule has 2 saturated carbocycles. The van der Waals surface area contributed by atoms with Gasteiger partial charge in [-0.25, -0.2) is 0 Å². The Bertz CT molecular complexity index is 576. The highest BCUT2D eigenvalue weighted by Crippen LogP contribution is 2.68. The van der Waals surface area contributed by atoms with Crippen molar-refractivity contribution in [3.8, 4) is 0 Å². The number of likely N-dealkylation sites (N-methyl/N-ethyl adjacent to an activating group) is 1. The number of hydrogen-bond donors (Lipinski definition) is 0. The van der Waals surface area contributed by atoms with Crippen LogP contribution in [0.15, 0.2) is 0 Å². The first-order valence-corrected chi connectivity index (χ1v) is 9.31. The Morgan fingerprint density at radius 3 is 2.67 bits per heavy atom. The van der Waals surface area contributed by atoms with Crippen LogP contribution in [0.25, 0.3) is 0 Å². The average Bonchev–Trinajstić information content (AvgIpc) is 3.07. The zero-order chi connectivity index (χ0) is 17.4. The van der Waals surface area contributed by atoms with Gasteiger partial charge >= 0.3 is 11.9 Å². The van der Waals surface area contributed by atoms with Crippen LogP contribution in [0.1, 0.15) is 40.0 Å². The fourth-order valence-electron chi connectivity index (χ4n) is 7.08. The quantitative estimate of drug-likeness (QED) is 0.739. The molecule has 4 aliphatic rings. The molecule has 0 spiro atoms. The van der Waals surface area contributed by atoms with E-state index in [2.05, 4.69) is 32.7 Å². The normalized spacial score (nSPS) is 49.4. The van der Waals surface area contributed by atoms with Crippen LogP contribution in [0, 0.1) is 35.0 Å². The van der Waals surface area contributed by atoms with Crippen LogP contribution >= 0.6 is 0 Å². The van der Waals surface area contributed by atoms with Gasteiger partial charge in [-0.1, -0.05) is 20.8 Å². The molecule has 8 atom stereocenters. The topological polar surface area (TPSA) is 55.8 Å². The van der Waals surface area contributed by atoms with E-state index < -0.39 is 0 Å². The molecule has 0 amide bonds. The number of fused-ring (bicyclic) bond motifs is 4. The molecule has 2 aliphatic heterocycles. The number of hydrogen-bond acceptors (Lipinski definition) is 5. The first kappa shape index (κ1) is 16.4. The van der Waals surface area contributed by atoms with Crippen LogP contribution in [0.4, 0.5) is 0 Å². The van der Waals surface area contributed by atoms with Crippen molar-refractivity contribution in [1.82, 2.24) is 4.90 Å². The molecule has 2 aliphatic carbocycles. The highest BCUT2D eigenvalue weighted by molar-refractivity contribution is 5.77. The van der Waals surface area contributed by atoms with Crippen LogP contribution in [0.2, 0.25) is 0 Å². The van der Waals surface area contributed by atoms with E-state index in [1.807, 2.05) is 0 Å². The summed E-state index contributed by atoms with van der Waals surface area (Å²) in [5, 5.41) is 0. The summed E-state index contributed by atoms with van der Waals surface area (Å²) in [4.78, 5) is 26.9. The average molecular weight is 335 g/mol. The van der Waals surface area contributed by atoms with Gasteiger partial charge in [-0.2, -0.15) is 0 Å². The van der Waals surface area contributed by atoms with E-state index >= 15 is 0 Å². The smallest absolute Gasteiger partial charge is 0.310 e. The molecule has 0 aromatic rings. The van der Waals surface area contributed by atoms with Gasteiger partial charge in [0.25, 0.3) is 0 Å². The van der Waals surface area contributed by atoms with Gasteiger partial charge < -0.3 is 9.47 Å². The van der Waals surface area contributed by atoms with Crippen molar-refractivity contribution < 1.29 is 19.1 Å². The second kappa shape index (κ2) is 5.20. The van der Waals surface area contributed by atoms with Crippen LogP contribution in [0.3, 0.4) is 0 Å². The van der Waals surface area contributed by atoms with E-state index in [4.69, 9.17) is 9.47 Å². The van der Waals surface area contributed by atoms with E-state index in [9.17, 15) is 9.59 Å². The van der Waals surface area contributed by atoms with Crippen LogP contribution in [0.5, 0.6) is 0 Å². The van der Waals surface area contributed by atoms with E-state index in [-0.39, 0.29) is 41.5 Å². The number of rotatable bonds is 3. The molecule has 24 heavy (non-hydrogen) atoms. The summed E-state index contributed by atoms with van der Waals surface area (Å²) in [5.41, 5.74) is 0.0698. The Morgan fingerprint density at radius 1 is 1.38 bits per heavy atom. The largest absolute Gasteiger partial charge is 0.469 e. The first-order valence-electron chi connectivity index (χ1n) is 9.31. The van der Waals surface area contributed by atoms with Crippen molar-refractivity contribution >= 4 is 11.9 Å². The van der Waals surface area contributed by atoms with Crippen LogP contribution in [-0.2, 0) is 19.1 Å². The molecule has 2 heterocycles. The Labute approximate surface area is 144 Å². The zero-order valence-corrected chi connectivity index (χ0v) is 15.3. The van der Waals surface area contributed by atoms with E-state index in [0.29, 0.717) is 30.1 Å². The number of ether oxygens (including phenoxy) is 2. The van der Waals surface area contributed by atoms with Gasteiger partial charge in [-0.05, 0) is 43.1 Å². The van der Waals surface area contributed by atoms with Gasteiger partial charge in [0.05, 0.1) is 25.5 Å². The summed E-state index contributed by atoms with van der Waals surface area (Å²) < 4.78 is 10.9. The number of likely N-dealkylation sites (tertiary alicyclic amines) is 1. The number of carbonyl (C=O) groups is 2. The van der Waals surface area contributed by atoms with Gasteiger partial charge in [0.2, 0.25) is 0 Å². The molecule has 0 N–H and O–H groups in total. The highest BCUT2D eigenvalue weighted by atomic mass is 16.6. The molecular weight excluding hydrogens is 306 g/mol. The number of carbonyl (C=O) groups excluding carboxylic acids is 2. The molecule has 4 rings (SSSR count). The zero-order valence-electron chi connectivity index (χ0n) is 15.3. The minimum Gasteiger partial charge on any atom is -0.469 e. The maximum absolute atomic E-state index is 12.6. The Balaban J connectivity index is 1.76. The molecule has 4 fully saturated rings. The van der Waals surface area contributed by atoms with Crippen molar-refractivity contribution in [2.24, 2.45) is 35.0 Å². The Morgan fingerprint density at radius 2 is 2.04 bits per heavy atom. The summed E-state index contributed by atoms with van der Waals surface area (Å²) >= 11 is 0. The predicted octanol–water partition coefficient (Wildman–Crippen LogP) is 2.09. The standard InChI is InChI=1S/C19H29NO4/c1-9(2)14-15-11-7-6-10-12(8-13(21)23-5)20(4)17(19(10,11)3)16(14)24-18(15)22/h9-12,14-17H,6-8H2,1-5H3/t10-,11+,12+,14+,15+,16-,17-,19+/m1/s1. The minimum atomic E-state index is -0.139. The van der Waals surface area contributed by atoms with Gasteiger partial charge in [0.15, 0.2) is 0 Å². The molecule has 0 unspecified atom stereocenters. The lowest BCUT2D eigenvalue weighted by Gasteiger charge is -2.49. The SMILES string of the molecule is COC(=O)C[C@H]1[C@H]2CC[C@H]3[C@@H]4C(=O)O[C@H]([C@H]4C(C)C)[C@@H](N1C)[C@@]23C. The highest BCUT2D eigenvalue weighted by Gasteiger charge is 2.73. The maximum atomic E-state index is 12.6. The number of esters is 2. The molecule has 0 aromatic heterocycles. The van der Waals surface area contributed by atoms with Crippen molar-refractivity contribution in [3.05, 3.63) is 0 Å². The second-order valence-electron chi connectivity index (χ2n) is 8.86. The summed E-state index contributed by atoms with van der Waals surface area (Å²) in [6, 6.07) is 0.420. The summed E-state index contributed by atoms with van der Waals surface area (Å²) in [7, 11) is 3.57. The molecule has 2 saturated heterocycles. The lowest BCUT2D eigenvalue weighted by molar-refractivity contribution is -0.146. The molecular formula is C19H29NO4. The van der Waals surface area contributed by atoms with E-state index in [1.54, 1.807) is 0 Å². The Kier molecular flexibility index (Phi) is 3.55. The Hall–Kier alpha value is -1.10. The van der Waals surface area contributed by atoms with Gasteiger partial charge in [0, 0.05) is 12.0 Å². The summed E-state index contributed by atoms with van der Waals surface area (Å²) in [6.07, 6.45) is 2.59. The van der Waals surface area contributed by atoms with Gasteiger partial charge in [-0.3, -0.25) is 14.5 Å². The third-order valence-corrected chi connectivity index (χ3v) is 7.89. The predicted molar refractivity (Wildman–Crippen MR) is 88.0 cm³/mol. The third kappa shape index (κ3) is 1.80. The fourth-order valence-corrected chi connectivity index (χ4v) is 7.08. The molecule has 2 bridgehead atoms. The molecule has 5 heteroatoms. The lowest BCUT2D eigenvalue weighted by Crippen LogP contribution is -2.57. The summed E-state index contributed by atoms with van der Waals surface area (Å²) in [5.74, 6) is 1.51. The molecule has 0 aromatic carbocycles. The lowest BCUT2D eigenvalue weighted by atomic mass is 9.55. The van der Waals surface area contributed by atoms with Gasteiger partial charge in [0.1, 0.15) is 6.10 Å². The maximum Gasteiger partial charge on any atom is 0.310 e. The monoisotopic (exact) mass is 335 g/mol. The van der Waals surface area contributed by atoms with Crippen LogP contribution < -0.4 is 0 Å². The number of methoxy groups -OCH3 is 1. The molecule has 0 radical (unpaired) electrons. The van der Waals surface area contributed by atoms with Gasteiger partial charge in [-0.15, -0.1) is 0 Å². The van der Waals surface area contributed by atoms with Crippen molar-refractivity contribution in [2.75, 3.05) is 14.2 Å². The summed E-state index contributed by atoms with van der Waals surface area (Å²) in [6.45, 7) is 6.78. The van der Waals surface area contributed by atoms with Crippen LogP contribution in [-0.4, -0.2) is 49.2 Å². The van der Waals surface area contributed by atoms with E-state index in [1.165, 1.54) is 7.11 Å². The van der Waals surface area contributed by atoms with Crippen molar-refractivity contribution in [3.63, 3.8) is 0 Å². The van der Waals surface area contributed by atoms with Crippen molar-refractivity contribution in [2.45, 2.75) is 58.2 Å². The molecule has 5 nitrogen and oxygen atoms in total. The minimum absolute atomic E-state index is 0.0258. The first-order chi connectivity index (χ1) is 11.3. The van der Waals surface area contributed by atoms with Crippen molar-refractivity contribution in [1.29, 1.82) is 0 Å². The fraction of sp³-hybridized carbons (Fsp3) is 0.895.